The molecule has 3 aromatic rings. The molecule has 2 N–H and O–H groups in total. The van der Waals surface area contributed by atoms with Crippen LogP contribution in [-0.2, 0) is 21.2 Å². The van der Waals surface area contributed by atoms with E-state index in [0.717, 1.165) is 11.3 Å². The molecular formula is C17H14N2O4S2. The molecule has 2 aromatic heterocycles. The van der Waals surface area contributed by atoms with Crippen molar-refractivity contribution >= 4 is 38.2 Å². The Morgan fingerprint density at radius 1 is 1.48 bits per heavy atom. The van der Waals surface area contributed by atoms with E-state index in [9.17, 15) is 18.3 Å². The molecular weight excluding hydrogens is 360 g/mol. The van der Waals surface area contributed by atoms with Gasteiger partial charge in [-0.15, -0.1) is 11.3 Å². The molecule has 0 fully saturated rings. The van der Waals surface area contributed by atoms with Gasteiger partial charge in [-0.2, -0.15) is 8.42 Å². The predicted octanol–water partition coefficient (Wildman–Crippen LogP) is 2.51. The summed E-state index contributed by atoms with van der Waals surface area (Å²) in [6.45, 7) is 0. The minimum atomic E-state index is -4.34. The fourth-order valence-corrected chi connectivity index (χ4v) is 4.71. The summed E-state index contributed by atoms with van der Waals surface area (Å²) in [5, 5.41) is 11.1. The molecule has 6 nitrogen and oxygen atoms in total. The third-order valence-corrected chi connectivity index (χ3v) is 6.53. The van der Waals surface area contributed by atoms with E-state index in [1.807, 2.05) is 6.04 Å². The van der Waals surface area contributed by atoms with Gasteiger partial charge in [0, 0.05) is 29.5 Å². The number of aliphatic carboxylic acids is 1. The second-order valence-electron chi connectivity index (χ2n) is 4.90. The van der Waals surface area contributed by atoms with Gasteiger partial charge in [0.1, 0.15) is 4.21 Å². The average Bonchev–Trinajstić information content (AvgIpc) is 3.33. The highest BCUT2D eigenvalue weighted by atomic mass is 32.2. The zero-order valence-electron chi connectivity index (χ0n) is 17.5. The van der Waals surface area contributed by atoms with Gasteiger partial charge in [0.2, 0.25) is 0 Å². The molecule has 0 aliphatic rings. The maximum absolute atomic E-state index is 12.8. The number of hydrogen-bond acceptors (Lipinski definition) is 4. The van der Waals surface area contributed by atoms with Crippen molar-refractivity contribution in [3.05, 3.63) is 53.4 Å². The monoisotopic (exact) mass is 379 g/mol. The number of hydrogen-bond donors (Lipinski definition) is 2. The molecule has 2 heterocycles. The van der Waals surface area contributed by atoms with Gasteiger partial charge in [-0.25, -0.2) is 9.10 Å². The van der Waals surface area contributed by atoms with Crippen LogP contribution in [0.5, 0.6) is 0 Å². The Labute approximate surface area is 155 Å². The second-order valence-corrected chi connectivity index (χ2v) is 7.89. The Morgan fingerprint density at radius 2 is 2.24 bits per heavy atom. The number of thiophene rings is 1. The average molecular weight is 379 g/mol. The summed E-state index contributed by atoms with van der Waals surface area (Å²) in [5.74, 6) is -1.57. The number of carboxylic acids is 1. The van der Waals surface area contributed by atoms with Gasteiger partial charge < -0.3 is 10.1 Å². The van der Waals surface area contributed by atoms with Gasteiger partial charge in [-0.1, -0.05) is 30.6 Å². The molecule has 0 saturated heterocycles. The normalized spacial score (nSPS) is 15.4. The number of H-pyrrole nitrogens is 1. The lowest BCUT2D eigenvalue weighted by molar-refractivity contribution is -0.140. The van der Waals surface area contributed by atoms with E-state index in [0.29, 0.717) is 4.31 Å². The Balaban J connectivity index is 2.17. The number of fused-ring (bicyclic) bond motifs is 1. The number of para-hydroxylation sites is 1. The first-order chi connectivity index (χ1) is 14.0. The van der Waals surface area contributed by atoms with Gasteiger partial charge in [0.05, 0.1) is 6.85 Å². The van der Waals surface area contributed by atoms with Crippen molar-refractivity contribution in [3.63, 3.8) is 0 Å². The largest absolute Gasteiger partial charge is 0.480 e. The van der Waals surface area contributed by atoms with Gasteiger partial charge >= 0.3 is 5.97 Å². The summed E-state index contributed by atoms with van der Waals surface area (Å²) in [6.07, 6.45) is 4.41. The maximum Gasteiger partial charge on any atom is 0.328 e. The third kappa shape index (κ3) is 3.12. The number of carbonyl (C=O) groups is 1. The highest BCUT2D eigenvalue weighted by Gasteiger charge is 2.35. The molecule has 25 heavy (non-hydrogen) atoms. The summed E-state index contributed by atoms with van der Waals surface area (Å²) in [5.41, 5.74) is -0.149. The number of aromatic amines is 1. The molecule has 1 unspecified atom stereocenters. The smallest absolute Gasteiger partial charge is 0.328 e. The predicted molar refractivity (Wildman–Crippen MR) is 95.6 cm³/mol. The van der Waals surface area contributed by atoms with Crippen LogP contribution in [0.15, 0.2) is 52.1 Å². The fourth-order valence-electron chi connectivity index (χ4n) is 2.28. The SMILES string of the molecule is [2H]c1[nH]c2c([2H])c([2H])c([2H])c([2H])c2c1CC(C(=O)O)N(C#C)S(=O)(=O)c1cccs1. The minimum Gasteiger partial charge on any atom is -0.480 e. The molecule has 0 saturated carbocycles. The summed E-state index contributed by atoms with van der Waals surface area (Å²) in [4.78, 5) is 14.5. The molecule has 1 aromatic carbocycles. The molecule has 128 valence electrons. The van der Waals surface area contributed by atoms with Crippen LogP contribution in [0.3, 0.4) is 0 Å². The summed E-state index contributed by atoms with van der Waals surface area (Å²) >= 11 is 0.863. The van der Waals surface area contributed by atoms with Crippen LogP contribution in [0.25, 0.3) is 10.9 Å². The minimum absolute atomic E-state index is 0.0708. The summed E-state index contributed by atoms with van der Waals surface area (Å²) < 4.78 is 65.6. The van der Waals surface area contributed by atoms with Gasteiger partial charge in [-0.3, -0.25) is 0 Å². The Hall–Kier alpha value is -2.76. The number of nitrogens with zero attached hydrogens (tertiary/aromatic N) is 1. The Bertz CT molecular complexity index is 1300. The number of aromatic nitrogens is 1. The van der Waals surface area contributed by atoms with E-state index < -0.39 is 52.6 Å². The molecule has 3 rings (SSSR count). The highest BCUT2D eigenvalue weighted by Crippen LogP contribution is 2.26. The third-order valence-electron chi connectivity index (χ3n) is 3.43. The number of rotatable bonds is 6. The topological polar surface area (TPSA) is 90.5 Å². The number of terminal acetylenes is 1. The zero-order chi connectivity index (χ0) is 22.4. The first kappa shape index (κ1) is 11.7. The molecule has 0 aliphatic heterocycles. The first-order valence-corrected chi connectivity index (χ1v) is 9.18. The van der Waals surface area contributed by atoms with E-state index in [1.165, 1.54) is 17.5 Å². The number of sulfonamides is 1. The van der Waals surface area contributed by atoms with Crippen LogP contribution in [0.2, 0.25) is 0 Å². The van der Waals surface area contributed by atoms with Crippen LogP contribution < -0.4 is 0 Å². The lowest BCUT2D eigenvalue weighted by atomic mass is 10.1. The van der Waals surface area contributed by atoms with Gasteiger partial charge in [-0.05, 0) is 23.1 Å². The maximum atomic E-state index is 12.8. The molecule has 0 radical (unpaired) electrons. The standard InChI is InChI=1S/C17H14N2O4S2/c1-2-19(25(22,23)16-8-5-9-24-16)15(17(20)21)10-12-11-18-14-7-4-3-6-13(12)14/h1,3-9,11,15,18H,10H2,(H,20,21)/i3D,4D,6D,7D,11D. The first-order valence-electron chi connectivity index (χ1n) is 9.36. The number of nitrogens with one attached hydrogen (secondary N) is 1. The van der Waals surface area contributed by atoms with Crippen molar-refractivity contribution in [3.8, 4) is 12.5 Å². The fraction of sp³-hybridized carbons (Fsp3) is 0.118. The lowest BCUT2D eigenvalue weighted by Crippen LogP contribution is -2.43. The number of benzene rings is 1. The summed E-state index contributed by atoms with van der Waals surface area (Å²) in [7, 11) is -4.34. The van der Waals surface area contributed by atoms with E-state index in [4.69, 9.17) is 13.3 Å². The molecule has 1 atom stereocenters. The van der Waals surface area contributed by atoms with Crippen LogP contribution in [0.1, 0.15) is 12.4 Å². The quantitative estimate of drug-likeness (QED) is 0.509. The molecule has 0 bridgehead atoms. The van der Waals surface area contributed by atoms with Crippen LogP contribution in [0.4, 0.5) is 0 Å². The summed E-state index contributed by atoms with van der Waals surface area (Å²) in [6, 6.07) is 0.884. The van der Waals surface area contributed by atoms with Crippen LogP contribution in [-0.4, -0.2) is 34.8 Å². The second kappa shape index (κ2) is 6.63. The molecule has 0 amide bonds. The van der Waals surface area contributed by atoms with Crippen molar-refractivity contribution in [2.24, 2.45) is 0 Å². The van der Waals surface area contributed by atoms with E-state index >= 15 is 0 Å². The van der Waals surface area contributed by atoms with Gasteiger partial charge in [0.25, 0.3) is 10.0 Å². The number of carboxylic acid groups (broad SMARTS) is 1. The van der Waals surface area contributed by atoms with Crippen molar-refractivity contribution in [1.82, 2.24) is 9.29 Å². The molecule has 8 heteroatoms. The Kier molecular flexibility index (Phi) is 3.11. The molecule has 0 spiro atoms. The molecule has 0 aliphatic carbocycles. The Morgan fingerprint density at radius 3 is 2.88 bits per heavy atom. The highest BCUT2D eigenvalue weighted by molar-refractivity contribution is 7.91. The van der Waals surface area contributed by atoms with Crippen LogP contribution in [0, 0.1) is 12.5 Å². The van der Waals surface area contributed by atoms with E-state index in [2.05, 4.69) is 4.98 Å². The lowest BCUT2D eigenvalue weighted by Gasteiger charge is -2.23. The van der Waals surface area contributed by atoms with Crippen molar-refractivity contribution in [1.29, 1.82) is 0 Å². The van der Waals surface area contributed by atoms with Gasteiger partial charge in [0.15, 0.2) is 6.04 Å². The van der Waals surface area contributed by atoms with E-state index in [1.54, 1.807) is 0 Å². The van der Waals surface area contributed by atoms with Crippen molar-refractivity contribution in [2.75, 3.05) is 0 Å². The zero-order valence-corrected chi connectivity index (χ0v) is 14.2. The van der Waals surface area contributed by atoms with Crippen molar-refractivity contribution < 1.29 is 25.2 Å². The van der Waals surface area contributed by atoms with E-state index in [-0.39, 0.29) is 26.8 Å². The van der Waals surface area contributed by atoms with Crippen molar-refractivity contribution in [2.45, 2.75) is 16.7 Å². The van der Waals surface area contributed by atoms with Crippen LogP contribution >= 0.6 is 11.3 Å².